The first-order valence-electron chi connectivity index (χ1n) is 28.1. The maximum atomic E-state index is 11.7. The standard InChI is InChI=1S/C15H19NO4.C12H13NO5.C12H20O4.C8H12O4.C6H10O2.C5H8O3.2CH2Cl2.CH4O.CH4/c1-3-19-14(18)15(2)9-12(15)16-13(17)10-20-11-7-5-4-6-8-11;14-10(7-18-8-4-2-1-3-5-8)13-9-6-12(9,17)11(15)16;1-6-15-10(14)12(5)7-8(12)9(13)16-11(2,3)4;1-3-12-7(11)8(2)4-5(8)6(9)10;1-4-8-6(7)5(2)3;1-3-8-5(7)4(2)6;2*2-1-3;1-2;/h4-8,12H,3,9-10H2,1-2H3,(H,16,17);1-5,9,17H,6-7H2,(H,13,14)(H,15,16);8H,6-7H2,1-5H3;5H,3-4H2,1-2H3,(H,9,10);2,4H2,1,3H3;3H2,1-2H3;2*1H2;2H,1H3;1H4. The van der Waals surface area contributed by atoms with Crippen molar-refractivity contribution in [3.63, 3.8) is 0 Å². The topological polar surface area (TPSA) is 367 Å². The Balaban J connectivity index is -0.000000499. The number of carboxylic acid groups (broad SMARTS) is 2. The van der Waals surface area contributed by atoms with Gasteiger partial charge in [-0.2, -0.15) is 0 Å². The quantitative estimate of drug-likeness (QED) is 0.0225. The average Bonchev–Trinajstić information content (AvgIpc) is 1.63. The molecule has 0 heterocycles. The number of para-hydroxylation sites is 2. The molecule has 6 N–H and O–H groups in total. The summed E-state index contributed by atoms with van der Waals surface area (Å²) in [6.45, 7) is 26.9. The summed E-state index contributed by atoms with van der Waals surface area (Å²) in [4.78, 5) is 121. The Morgan fingerprint density at radius 3 is 1.18 bits per heavy atom. The summed E-state index contributed by atoms with van der Waals surface area (Å²) in [5.41, 5.74) is -3.89. The number of alkyl halides is 4. The zero-order valence-electron chi connectivity index (χ0n) is 53.5. The van der Waals surface area contributed by atoms with Crippen LogP contribution in [0, 0.1) is 28.1 Å². The number of carbonyl (C=O) groups excluding carboxylic acids is 9. The number of aliphatic hydroxyl groups is 2. The lowest BCUT2D eigenvalue weighted by molar-refractivity contribution is -0.161. The molecule has 0 aliphatic heterocycles. The summed E-state index contributed by atoms with van der Waals surface area (Å²) in [5, 5.41) is 39.3. The summed E-state index contributed by atoms with van der Waals surface area (Å²) >= 11 is 19.1. The van der Waals surface area contributed by atoms with Gasteiger partial charge in [0.25, 0.3) is 11.8 Å². The second kappa shape index (κ2) is 46.3. The first kappa shape index (κ1) is 90.6. The van der Waals surface area contributed by atoms with Crippen LogP contribution in [0.4, 0.5) is 0 Å². The second-order valence-electron chi connectivity index (χ2n) is 20.9. The highest BCUT2D eigenvalue weighted by Crippen LogP contribution is 2.54. The number of halogens is 4. The molecule has 8 atom stereocenters. The molecule has 0 radical (unpaired) electrons. The largest absolute Gasteiger partial charge is 0.484 e. The van der Waals surface area contributed by atoms with E-state index in [0.29, 0.717) is 62.8 Å². The van der Waals surface area contributed by atoms with Gasteiger partial charge in [-0.1, -0.05) is 50.4 Å². The average molecular weight is 1380 g/mol. The molecule has 4 aliphatic rings. The number of hydrogen-bond donors (Lipinski definition) is 6. The molecule has 4 saturated carbocycles. The molecule has 29 heteroatoms. The van der Waals surface area contributed by atoms with Crippen molar-refractivity contribution in [2.45, 2.75) is 146 Å². The fraction of sp³-hybridized carbons (Fsp3) is 0.597. The number of aliphatic hydroxyl groups excluding tert-OH is 1. The molecule has 0 saturated heterocycles. The number of hydrogen-bond acceptors (Lipinski definition) is 21. The summed E-state index contributed by atoms with van der Waals surface area (Å²) in [6, 6.07) is 17.0. The van der Waals surface area contributed by atoms with E-state index in [2.05, 4.69) is 26.7 Å². The summed E-state index contributed by atoms with van der Waals surface area (Å²) in [7, 11) is 1.00. The van der Waals surface area contributed by atoms with E-state index in [0.717, 1.165) is 7.11 Å². The van der Waals surface area contributed by atoms with Crippen molar-refractivity contribution in [3.8, 4) is 11.5 Å². The van der Waals surface area contributed by atoms with Crippen molar-refractivity contribution in [1.82, 2.24) is 10.6 Å². The van der Waals surface area contributed by atoms with Crippen molar-refractivity contribution >= 4 is 112 Å². The molecule has 4 aliphatic carbocycles. The van der Waals surface area contributed by atoms with Crippen LogP contribution in [0.1, 0.15) is 123 Å². The van der Waals surface area contributed by atoms with Crippen LogP contribution in [0.2, 0.25) is 0 Å². The molecule has 2 aromatic carbocycles. The van der Waals surface area contributed by atoms with Crippen molar-refractivity contribution in [1.29, 1.82) is 0 Å². The highest BCUT2D eigenvalue weighted by atomic mass is 35.5. The third-order valence-electron chi connectivity index (χ3n) is 12.3. The minimum atomic E-state index is -1.82. The molecule has 0 spiro atoms. The number of ketones is 1. The summed E-state index contributed by atoms with van der Waals surface area (Å²) < 4.78 is 39.3. The fourth-order valence-corrected chi connectivity index (χ4v) is 6.90. The minimum absolute atomic E-state index is 0. The molecule has 2 amide bonds. The van der Waals surface area contributed by atoms with Crippen LogP contribution in [0.25, 0.3) is 0 Å². The lowest BCUT2D eigenvalue weighted by Crippen LogP contribution is -2.38. The fourth-order valence-electron chi connectivity index (χ4n) is 6.90. The van der Waals surface area contributed by atoms with Crippen LogP contribution in [0.3, 0.4) is 0 Å². The predicted molar refractivity (Wildman–Crippen MR) is 340 cm³/mol. The number of rotatable bonds is 21. The highest BCUT2D eigenvalue weighted by molar-refractivity contribution is 6.41. The normalized spacial score (nSPS) is 21.5. The third kappa shape index (κ3) is 36.2. The van der Waals surface area contributed by atoms with Gasteiger partial charge < -0.3 is 69.0 Å². The first-order valence-corrected chi connectivity index (χ1v) is 30.2. The molecule has 6 rings (SSSR count). The smallest absolute Gasteiger partial charge is 0.374 e. The molecule has 0 aromatic heterocycles. The number of aliphatic carboxylic acids is 2. The lowest BCUT2D eigenvalue weighted by Gasteiger charge is -2.20. The van der Waals surface area contributed by atoms with Crippen LogP contribution < -0.4 is 20.1 Å². The monoisotopic (exact) mass is 1370 g/mol. The van der Waals surface area contributed by atoms with Crippen molar-refractivity contribution in [2.75, 3.05) is 64.0 Å². The van der Waals surface area contributed by atoms with Gasteiger partial charge in [0.2, 0.25) is 5.78 Å². The number of benzene rings is 2. The van der Waals surface area contributed by atoms with Crippen LogP contribution in [0.15, 0.2) is 72.8 Å². The number of nitrogens with one attached hydrogen (secondary N) is 2. The minimum Gasteiger partial charge on any atom is -0.484 e. The van der Waals surface area contributed by atoms with Gasteiger partial charge in [0.1, 0.15) is 17.1 Å². The molecule has 25 nitrogen and oxygen atoms in total. The van der Waals surface area contributed by atoms with Crippen molar-refractivity contribution in [3.05, 3.63) is 72.8 Å². The third-order valence-corrected chi connectivity index (χ3v) is 12.3. The molecule has 8 unspecified atom stereocenters. The Bertz CT molecular complexity index is 2560. The Kier molecular flexibility index (Phi) is 46.1. The van der Waals surface area contributed by atoms with Gasteiger partial charge in [-0.3, -0.25) is 38.4 Å². The van der Waals surface area contributed by atoms with Gasteiger partial charge in [-0.05, 0) is 127 Å². The molecular weight excluding hydrogens is 1280 g/mol. The number of carbonyl (C=O) groups is 11. The molecule has 4 fully saturated rings. The first-order chi connectivity index (χ1) is 42.0. The molecular formula is C62H94Cl4N2O23. The zero-order chi connectivity index (χ0) is 70.2. The Morgan fingerprint density at radius 1 is 0.549 bits per heavy atom. The Morgan fingerprint density at radius 2 is 0.890 bits per heavy atom. The molecule has 518 valence electrons. The molecule has 0 bridgehead atoms. The Labute approximate surface area is 553 Å². The van der Waals surface area contributed by atoms with Gasteiger partial charge in [-0.25, -0.2) is 14.4 Å². The summed E-state index contributed by atoms with van der Waals surface area (Å²) in [6.07, 6.45) is 1.57. The second-order valence-corrected chi connectivity index (χ2v) is 22.5. The van der Waals surface area contributed by atoms with E-state index in [-0.39, 0.29) is 86.1 Å². The number of Topliss-reactive ketones (excluding diaryl/α,β-unsaturated/α-hetero) is 1. The molecule has 91 heavy (non-hydrogen) atoms. The zero-order valence-corrected chi connectivity index (χ0v) is 56.6. The van der Waals surface area contributed by atoms with E-state index in [1.54, 1.807) is 98.7 Å². The SMILES string of the molecule is C.C=C(C)C(=O)OCC.CCOC(=O)C(C)=O.CCOC(=O)C1(C)CC1C(=O)O.CCOC(=O)C1(C)CC1C(=O)OC(C)(C)C.CCOC(=O)C1(C)CC1NC(=O)COc1ccccc1.CO.ClCCl.ClCCl.O=C(COc1ccccc1)NC1CC1(O)C(=O)O. The maximum Gasteiger partial charge on any atom is 0.374 e. The number of ether oxygens (including phenoxy) is 8. The Hall–Kier alpha value is -6.77. The van der Waals surface area contributed by atoms with Gasteiger partial charge in [-0.15, -0.1) is 46.4 Å². The maximum absolute atomic E-state index is 11.7. The predicted octanol–water partition coefficient (Wildman–Crippen LogP) is 8.22. The number of carboxylic acids is 2. The van der Waals surface area contributed by atoms with Crippen molar-refractivity contribution < 1.29 is 111 Å². The summed E-state index contributed by atoms with van der Waals surface area (Å²) in [5.74, 6) is -5.48. The van der Waals surface area contributed by atoms with E-state index < -0.39 is 75.0 Å². The highest BCUT2D eigenvalue weighted by Gasteiger charge is 2.63. The number of amides is 2. The van der Waals surface area contributed by atoms with Crippen LogP contribution >= 0.6 is 46.4 Å². The van der Waals surface area contributed by atoms with Gasteiger partial charge >= 0.3 is 47.8 Å². The van der Waals surface area contributed by atoms with E-state index in [1.807, 2.05) is 45.0 Å². The van der Waals surface area contributed by atoms with E-state index in [4.69, 9.17) is 90.1 Å². The van der Waals surface area contributed by atoms with Gasteiger partial charge in [0.05, 0.1) is 77.8 Å². The van der Waals surface area contributed by atoms with Gasteiger partial charge in [0.15, 0.2) is 18.8 Å². The molecule has 2 aromatic rings. The van der Waals surface area contributed by atoms with Crippen LogP contribution in [-0.4, -0.2) is 173 Å². The van der Waals surface area contributed by atoms with E-state index >= 15 is 0 Å². The van der Waals surface area contributed by atoms with Crippen LogP contribution in [0.5, 0.6) is 11.5 Å². The van der Waals surface area contributed by atoms with Crippen LogP contribution in [-0.2, 0) is 81.2 Å². The lowest BCUT2D eigenvalue weighted by atomic mass is 10.1. The van der Waals surface area contributed by atoms with Gasteiger partial charge in [0, 0.05) is 32.1 Å². The van der Waals surface area contributed by atoms with Crippen molar-refractivity contribution in [2.24, 2.45) is 28.1 Å². The number of esters is 6. The van der Waals surface area contributed by atoms with E-state index in [9.17, 15) is 57.8 Å². The van der Waals surface area contributed by atoms with E-state index in [1.165, 1.54) is 6.92 Å².